The van der Waals surface area contributed by atoms with Crippen LogP contribution >= 0.6 is 24.0 Å². The largest absolute Gasteiger partial charge is 0.497 e. The lowest BCUT2D eigenvalue weighted by Crippen LogP contribution is -2.41. The number of halogens is 1. The second-order valence-corrected chi connectivity index (χ2v) is 7.62. The molecule has 1 N–H and O–H groups in total. The van der Waals surface area contributed by atoms with Crippen LogP contribution in [0.15, 0.2) is 29.3 Å². The molecule has 1 aliphatic rings. The van der Waals surface area contributed by atoms with Crippen LogP contribution in [0, 0.1) is 5.92 Å². The van der Waals surface area contributed by atoms with E-state index in [0.717, 1.165) is 44.4 Å². The van der Waals surface area contributed by atoms with Gasteiger partial charge in [0.1, 0.15) is 5.75 Å². The molecule has 2 unspecified atom stereocenters. The van der Waals surface area contributed by atoms with E-state index in [9.17, 15) is 0 Å². The summed E-state index contributed by atoms with van der Waals surface area (Å²) in [5.41, 5.74) is 1.21. The van der Waals surface area contributed by atoms with Gasteiger partial charge in [0.2, 0.25) is 0 Å². The van der Waals surface area contributed by atoms with E-state index in [1.54, 1.807) is 14.2 Å². The minimum atomic E-state index is 0. The molecule has 1 heterocycles. The van der Waals surface area contributed by atoms with Gasteiger partial charge in [0.25, 0.3) is 0 Å². The normalized spacial score (nSPS) is 17.7. The number of hydrogen-bond donors (Lipinski definition) is 1. The molecule has 0 aliphatic carbocycles. The fourth-order valence-corrected chi connectivity index (χ4v) is 3.57. The summed E-state index contributed by atoms with van der Waals surface area (Å²) in [7, 11) is 7.59. The quantitative estimate of drug-likeness (QED) is 0.204. The Morgan fingerprint density at radius 3 is 2.77 bits per heavy atom. The Morgan fingerprint density at radius 2 is 2.10 bits per heavy atom. The van der Waals surface area contributed by atoms with E-state index in [1.807, 2.05) is 12.1 Å². The minimum Gasteiger partial charge on any atom is -0.497 e. The van der Waals surface area contributed by atoms with Crippen molar-refractivity contribution in [2.45, 2.75) is 19.4 Å². The molecule has 1 fully saturated rings. The summed E-state index contributed by atoms with van der Waals surface area (Å²) in [4.78, 5) is 9.54. The topological polar surface area (TPSA) is 58.6 Å². The molecule has 172 valence electrons. The van der Waals surface area contributed by atoms with Crippen molar-refractivity contribution in [2.24, 2.45) is 10.9 Å². The van der Waals surface area contributed by atoms with Crippen LogP contribution in [-0.4, -0.2) is 90.1 Å². The molecule has 1 aromatic rings. The molecule has 0 amide bonds. The van der Waals surface area contributed by atoms with Gasteiger partial charge in [-0.2, -0.15) is 0 Å². The molecule has 1 aromatic carbocycles. The predicted molar refractivity (Wildman–Crippen MR) is 133 cm³/mol. The average molecular weight is 534 g/mol. The second-order valence-electron chi connectivity index (χ2n) is 7.62. The highest BCUT2D eigenvalue weighted by Gasteiger charge is 2.25. The first-order chi connectivity index (χ1) is 14.1. The number of likely N-dealkylation sites (tertiary alicyclic amines) is 1. The van der Waals surface area contributed by atoms with Gasteiger partial charge in [0.15, 0.2) is 5.96 Å². The summed E-state index contributed by atoms with van der Waals surface area (Å²) in [6.45, 7) is 7.74. The number of ether oxygens (including phenoxy) is 3. The van der Waals surface area contributed by atoms with Gasteiger partial charge in [0.05, 0.1) is 39.5 Å². The molecule has 1 saturated heterocycles. The van der Waals surface area contributed by atoms with Crippen LogP contribution in [0.4, 0.5) is 0 Å². The number of hydrogen-bond acceptors (Lipinski definition) is 5. The number of nitrogens with one attached hydrogen (secondary N) is 1. The zero-order valence-electron chi connectivity index (χ0n) is 19.1. The van der Waals surface area contributed by atoms with Gasteiger partial charge < -0.3 is 29.3 Å². The average Bonchev–Trinajstić information content (AvgIpc) is 3.19. The molecule has 0 saturated carbocycles. The summed E-state index contributed by atoms with van der Waals surface area (Å²) in [5.74, 6) is 2.40. The third-order valence-corrected chi connectivity index (χ3v) is 5.22. The summed E-state index contributed by atoms with van der Waals surface area (Å²) in [6.07, 6.45) is 1.13. The van der Waals surface area contributed by atoms with Crippen LogP contribution in [-0.2, 0) is 9.47 Å². The molecule has 7 nitrogen and oxygen atoms in total. The molecule has 0 aromatic heterocycles. The number of aliphatic imine (C=N–C) groups is 1. The zero-order chi connectivity index (χ0) is 21.1. The first kappa shape index (κ1) is 26.9. The van der Waals surface area contributed by atoms with Crippen molar-refractivity contribution in [1.29, 1.82) is 0 Å². The lowest BCUT2D eigenvalue weighted by Gasteiger charge is -2.26. The highest BCUT2D eigenvalue weighted by atomic mass is 127. The Bertz CT molecular complexity index is 630. The first-order valence-electron chi connectivity index (χ1n) is 10.5. The molecule has 2 rings (SSSR count). The Kier molecular flexibility index (Phi) is 13.3. The van der Waals surface area contributed by atoms with Gasteiger partial charge in [-0.15, -0.1) is 24.0 Å². The van der Waals surface area contributed by atoms with E-state index >= 15 is 0 Å². The van der Waals surface area contributed by atoms with Crippen LogP contribution in [0.2, 0.25) is 0 Å². The van der Waals surface area contributed by atoms with Crippen molar-refractivity contribution < 1.29 is 14.2 Å². The molecule has 0 spiro atoms. The van der Waals surface area contributed by atoms with Crippen LogP contribution in [0.1, 0.15) is 24.9 Å². The summed E-state index contributed by atoms with van der Waals surface area (Å²) >= 11 is 0. The maximum Gasteiger partial charge on any atom is 0.193 e. The standard InChI is InChI=1S/C22H38N4O3.HI/c1-6-23-22(26-11-10-18(16-26)17-29-13-12-27-4)24-15-21(25(2)3)19-8-7-9-20(14-19)28-5;/h7-9,14,18,21H,6,10-13,15-17H2,1-5H3,(H,23,24);1H. The number of likely N-dealkylation sites (N-methyl/N-ethyl adjacent to an activating group) is 1. The Labute approximate surface area is 199 Å². The number of benzene rings is 1. The molecular weight excluding hydrogens is 495 g/mol. The lowest BCUT2D eigenvalue weighted by molar-refractivity contribution is 0.0536. The number of rotatable bonds is 11. The Hall–Kier alpha value is -1.10. The molecule has 0 bridgehead atoms. The lowest BCUT2D eigenvalue weighted by atomic mass is 10.1. The maximum atomic E-state index is 5.72. The van der Waals surface area contributed by atoms with Crippen LogP contribution in [0.3, 0.4) is 0 Å². The Balaban J connectivity index is 0.00000450. The van der Waals surface area contributed by atoms with Gasteiger partial charge in [-0.1, -0.05) is 12.1 Å². The van der Waals surface area contributed by atoms with Crippen molar-refractivity contribution >= 4 is 29.9 Å². The van der Waals surface area contributed by atoms with E-state index in [2.05, 4.69) is 48.3 Å². The number of guanidine groups is 1. The molecule has 2 atom stereocenters. The van der Waals surface area contributed by atoms with Crippen LogP contribution in [0.5, 0.6) is 5.75 Å². The van der Waals surface area contributed by atoms with Crippen LogP contribution in [0.25, 0.3) is 0 Å². The van der Waals surface area contributed by atoms with Gasteiger partial charge in [-0.25, -0.2) is 0 Å². The van der Waals surface area contributed by atoms with E-state index < -0.39 is 0 Å². The van der Waals surface area contributed by atoms with Crippen molar-refractivity contribution in [3.8, 4) is 5.75 Å². The highest BCUT2D eigenvalue weighted by Crippen LogP contribution is 2.23. The summed E-state index contributed by atoms with van der Waals surface area (Å²) < 4.78 is 16.2. The van der Waals surface area contributed by atoms with Crippen molar-refractivity contribution in [2.75, 3.05) is 74.3 Å². The minimum absolute atomic E-state index is 0. The molecule has 30 heavy (non-hydrogen) atoms. The van der Waals surface area contributed by atoms with Crippen LogP contribution < -0.4 is 10.1 Å². The van der Waals surface area contributed by atoms with Gasteiger partial charge in [-0.05, 0) is 45.1 Å². The summed E-state index contributed by atoms with van der Waals surface area (Å²) in [6, 6.07) is 8.43. The van der Waals surface area contributed by atoms with Gasteiger partial charge in [0, 0.05) is 32.7 Å². The third kappa shape index (κ3) is 8.56. The van der Waals surface area contributed by atoms with Crippen molar-refractivity contribution in [1.82, 2.24) is 15.1 Å². The van der Waals surface area contributed by atoms with Crippen molar-refractivity contribution in [3.63, 3.8) is 0 Å². The smallest absolute Gasteiger partial charge is 0.193 e. The van der Waals surface area contributed by atoms with Gasteiger partial charge in [-0.3, -0.25) is 4.99 Å². The third-order valence-electron chi connectivity index (χ3n) is 5.22. The molecule has 0 radical (unpaired) electrons. The van der Waals surface area contributed by atoms with E-state index in [4.69, 9.17) is 19.2 Å². The monoisotopic (exact) mass is 534 g/mol. The fourth-order valence-electron chi connectivity index (χ4n) is 3.57. The fraction of sp³-hybridized carbons (Fsp3) is 0.682. The Morgan fingerprint density at radius 1 is 1.30 bits per heavy atom. The molecular formula is C22H39IN4O3. The van der Waals surface area contributed by atoms with E-state index in [1.165, 1.54) is 5.56 Å². The molecule has 1 aliphatic heterocycles. The number of methoxy groups -OCH3 is 2. The SMILES string of the molecule is CCNC(=NCC(c1cccc(OC)c1)N(C)C)N1CCC(COCCOC)C1.I. The molecule has 8 heteroatoms. The maximum absolute atomic E-state index is 5.72. The zero-order valence-corrected chi connectivity index (χ0v) is 21.4. The summed E-state index contributed by atoms with van der Waals surface area (Å²) in [5, 5.41) is 3.46. The highest BCUT2D eigenvalue weighted by molar-refractivity contribution is 14.0. The van der Waals surface area contributed by atoms with E-state index in [-0.39, 0.29) is 30.0 Å². The number of nitrogens with zero attached hydrogens (tertiary/aromatic N) is 3. The van der Waals surface area contributed by atoms with E-state index in [0.29, 0.717) is 25.7 Å². The first-order valence-corrected chi connectivity index (χ1v) is 10.5. The van der Waals surface area contributed by atoms with Gasteiger partial charge >= 0.3 is 0 Å². The predicted octanol–water partition coefficient (Wildman–Crippen LogP) is 2.87. The second kappa shape index (κ2) is 14.8. The van der Waals surface area contributed by atoms with Crippen molar-refractivity contribution in [3.05, 3.63) is 29.8 Å².